The van der Waals surface area contributed by atoms with Gasteiger partial charge < -0.3 is 14.2 Å². The highest BCUT2D eigenvalue weighted by Crippen LogP contribution is 2.60. The van der Waals surface area contributed by atoms with Gasteiger partial charge in [-0.2, -0.15) is 10.9 Å². The molecular formula is C39H40O4S. The van der Waals surface area contributed by atoms with Crippen LogP contribution in [0, 0.1) is 23.7 Å². The summed E-state index contributed by atoms with van der Waals surface area (Å²) in [5, 5.41) is 0. The Balaban J connectivity index is 0.861. The highest BCUT2D eigenvalue weighted by atomic mass is 32.2. The Morgan fingerprint density at radius 2 is 1.25 bits per heavy atom. The van der Waals surface area contributed by atoms with Crippen LogP contribution < -0.4 is 9.47 Å². The molecule has 0 amide bonds. The number of benzene rings is 4. The van der Waals surface area contributed by atoms with Gasteiger partial charge in [-0.05, 0) is 149 Å². The third-order valence-corrected chi connectivity index (χ3v) is 13.4. The van der Waals surface area contributed by atoms with E-state index in [1.807, 2.05) is 24.3 Å². The van der Waals surface area contributed by atoms with Gasteiger partial charge in [0.1, 0.15) is 23.7 Å². The van der Waals surface area contributed by atoms with E-state index < -0.39 is 10.9 Å². The van der Waals surface area contributed by atoms with Crippen molar-refractivity contribution in [3.8, 4) is 11.5 Å². The molecule has 1 aliphatic heterocycles. The van der Waals surface area contributed by atoms with Crippen LogP contribution in [0.25, 0.3) is 0 Å². The Kier molecular flexibility index (Phi) is 7.17. The van der Waals surface area contributed by atoms with Crippen LogP contribution in [0.5, 0.6) is 11.5 Å². The first-order chi connectivity index (χ1) is 21.5. The zero-order chi connectivity index (χ0) is 29.7. The van der Waals surface area contributed by atoms with Crippen LogP contribution in [0.3, 0.4) is 0 Å². The molecule has 4 nitrogen and oxygen atoms in total. The summed E-state index contributed by atoms with van der Waals surface area (Å²) in [7, 11) is -0.590. The van der Waals surface area contributed by atoms with Crippen LogP contribution in [0.2, 0.25) is 0 Å². The molecule has 0 atom stereocenters. The van der Waals surface area contributed by atoms with Crippen molar-refractivity contribution >= 4 is 16.9 Å². The van der Waals surface area contributed by atoms with Crippen molar-refractivity contribution in [3.63, 3.8) is 0 Å². The Bertz CT molecular complexity index is 1590. The van der Waals surface area contributed by atoms with Gasteiger partial charge in [0, 0.05) is 0 Å². The smallest absolute Gasteiger partial charge is 0.344 e. The molecule has 0 spiro atoms. The molecule has 0 unspecified atom stereocenters. The number of thiol groups is 1. The second-order valence-corrected chi connectivity index (χ2v) is 15.6. The molecule has 9 rings (SSSR count). The first-order valence-corrected chi connectivity index (χ1v) is 17.5. The van der Waals surface area contributed by atoms with Crippen LogP contribution in [0.4, 0.5) is 0 Å². The van der Waals surface area contributed by atoms with E-state index in [9.17, 15) is 4.79 Å². The van der Waals surface area contributed by atoms with Gasteiger partial charge in [-0.3, -0.25) is 0 Å². The predicted molar refractivity (Wildman–Crippen MR) is 174 cm³/mol. The monoisotopic (exact) mass is 604 g/mol. The lowest BCUT2D eigenvalue weighted by Gasteiger charge is -2.59. The minimum absolute atomic E-state index is 0.0540. The molecule has 5 aliphatic rings. The molecular weight excluding hydrogens is 564 g/mol. The largest absolute Gasteiger partial charge is 0.489 e. The fourth-order valence-corrected chi connectivity index (χ4v) is 11.2. The molecule has 0 N–H and O–H groups in total. The number of ether oxygens (including phenoxy) is 3. The molecule has 4 saturated carbocycles. The number of carbonyl (C=O) groups is 1. The van der Waals surface area contributed by atoms with Crippen molar-refractivity contribution in [3.05, 3.63) is 114 Å². The Morgan fingerprint density at radius 3 is 1.86 bits per heavy atom. The van der Waals surface area contributed by atoms with Gasteiger partial charge in [0.25, 0.3) is 0 Å². The summed E-state index contributed by atoms with van der Waals surface area (Å²) in [5.41, 5.74) is 3.59. The fourth-order valence-electron chi connectivity index (χ4n) is 8.61. The fraction of sp³-hybridized carbons (Fsp3) is 0.359. The summed E-state index contributed by atoms with van der Waals surface area (Å²) >= 11 is 0. The third kappa shape index (κ3) is 5.19. The molecule has 4 fully saturated rings. The molecule has 0 radical (unpaired) electrons. The molecule has 4 bridgehead atoms. The second-order valence-electron chi connectivity index (χ2n) is 13.4. The highest BCUT2D eigenvalue weighted by Gasteiger charge is 2.57. The summed E-state index contributed by atoms with van der Waals surface area (Å²) in [6.45, 7) is 2.59. The molecule has 4 aliphatic carbocycles. The predicted octanol–water partition coefficient (Wildman–Crippen LogP) is 8.78. The lowest BCUT2D eigenvalue weighted by molar-refractivity contribution is -0.204. The maximum absolute atomic E-state index is 12.8. The van der Waals surface area contributed by atoms with E-state index in [-0.39, 0.29) is 18.2 Å². The Labute approximate surface area is 263 Å². The zero-order valence-electron chi connectivity index (χ0n) is 25.3. The topological polar surface area (TPSA) is 44.8 Å². The molecule has 226 valence electrons. The summed E-state index contributed by atoms with van der Waals surface area (Å²) in [4.78, 5) is 17.1. The lowest BCUT2D eigenvalue weighted by Crippen LogP contribution is -2.58. The maximum atomic E-state index is 12.8. The highest BCUT2D eigenvalue weighted by molar-refractivity contribution is 8.17. The number of carbonyl (C=O) groups excluding carboxylic acids is 1. The van der Waals surface area contributed by atoms with Crippen molar-refractivity contribution in [1.29, 1.82) is 0 Å². The summed E-state index contributed by atoms with van der Waals surface area (Å²) in [6, 6.07) is 34.1. The van der Waals surface area contributed by atoms with Crippen molar-refractivity contribution in [1.82, 2.24) is 0 Å². The van der Waals surface area contributed by atoms with Crippen molar-refractivity contribution < 1.29 is 19.0 Å². The van der Waals surface area contributed by atoms with Crippen LogP contribution in [0.1, 0.15) is 55.7 Å². The minimum atomic E-state index is -0.590. The average molecular weight is 605 g/mol. The molecule has 5 heteroatoms. The first-order valence-electron chi connectivity index (χ1n) is 16.1. The van der Waals surface area contributed by atoms with Crippen LogP contribution in [-0.4, -0.2) is 18.2 Å². The summed E-state index contributed by atoms with van der Waals surface area (Å²) in [6.07, 6.45) is 7.26. The molecule has 44 heavy (non-hydrogen) atoms. The van der Waals surface area contributed by atoms with Crippen LogP contribution in [0.15, 0.2) is 112 Å². The summed E-state index contributed by atoms with van der Waals surface area (Å²) in [5.74, 6) is 3.99. The molecule has 4 aromatic rings. The van der Waals surface area contributed by atoms with Crippen LogP contribution >= 0.6 is 10.9 Å². The third-order valence-electron chi connectivity index (χ3n) is 10.7. The van der Waals surface area contributed by atoms with Gasteiger partial charge in [-0.15, -0.1) is 0 Å². The van der Waals surface area contributed by atoms with Gasteiger partial charge >= 0.3 is 5.97 Å². The average Bonchev–Trinajstić information content (AvgIpc) is 3.05. The van der Waals surface area contributed by atoms with Crippen molar-refractivity contribution in [2.24, 2.45) is 23.7 Å². The van der Waals surface area contributed by atoms with Crippen LogP contribution in [-0.2, 0) is 22.6 Å². The Morgan fingerprint density at radius 1 is 0.705 bits per heavy atom. The molecule has 0 saturated heterocycles. The standard InChI is InChI=1S/C39H40O4S/c1-39(31-19-27-18-28(21-31)22-32(39)20-27)43-38(40)25-42-33-12-10-26(11-13-33)24-41-34-14-16-35(17-15-34)44-36-8-4-2-6-29(36)23-30-7-3-5-9-37(30)44/h2-17,27-28,31-32,44H,18-25H2,1H3. The van der Waals surface area contributed by atoms with E-state index in [0.29, 0.717) is 24.2 Å². The Hall–Kier alpha value is -3.70. The molecule has 0 aromatic heterocycles. The van der Waals surface area contributed by atoms with Gasteiger partial charge in [-0.1, -0.05) is 48.5 Å². The lowest BCUT2D eigenvalue weighted by atomic mass is 9.50. The van der Waals surface area contributed by atoms with E-state index >= 15 is 0 Å². The molecule has 4 aromatic carbocycles. The van der Waals surface area contributed by atoms with Crippen molar-refractivity contribution in [2.75, 3.05) is 6.61 Å². The summed E-state index contributed by atoms with van der Waals surface area (Å²) < 4.78 is 18.1. The normalized spacial score (nSPS) is 26.9. The SMILES string of the molecule is CC1(OC(=O)COc2ccc(COc3ccc([SH]4c5ccccc5Cc5ccccc54)cc3)cc2)C2CC3CC(C2)CC1C3. The van der Waals surface area contributed by atoms with E-state index in [0.717, 1.165) is 29.6 Å². The number of fused-ring (bicyclic) bond motifs is 2. The van der Waals surface area contributed by atoms with Gasteiger partial charge in [-0.25, -0.2) is 4.79 Å². The maximum Gasteiger partial charge on any atom is 0.344 e. The van der Waals surface area contributed by atoms with Gasteiger partial charge in [0.15, 0.2) is 6.61 Å². The van der Waals surface area contributed by atoms with E-state index in [1.165, 1.54) is 57.9 Å². The van der Waals surface area contributed by atoms with Crippen molar-refractivity contribution in [2.45, 2.75) is 72.3 Å². The van der Waals surface area contributed by atoms with E-state index in [2.05, 4.69) is 79.7 Å². The zero-order valence-corrected chi connectivity index (χ0v) is 26.2. The first kappa shape index (κ1) is 27.8. The minimum Gasteiger partial charge on any atom is -0.489 e. The number of hydrogen-bond acceptors (Lipinski definition) is 4. The quantitative estimate of drug-likeness (QED) is 0.142. The number of rotatable bonds is 8. The van der Waals surface area contributed by atoms with E-state index in [4.69, 9.17) is 14.2 Å². The van der Waals surface area contributed by atoms with Gasteiger partial charge in [0.2, 0.25) is 0 Å². The van der Waals surface area contributed by atoms with E-state index in [1.54, 1.807) is 0 Å². The number of hydrogen-bond donors (Lipinski definition) is 1. The van der Waals surface area contributed by atoms with Gasteiger partial charge in [0.05, 0.1) is 0 Å². The molecule has 1 heterocycles. The number of esters is 1. The second kappa shape index (κ2) is 11.3.